The number of hydrogen-bond donors (Lipinski definition) is 3. The summed E-state index contributed by atoms with van der Waals surface area (Å²) in [6.07, 6.45) is 2.66. The highest BCUT2D eigenvalue weighted by Crippen LogP contribution is 2.02. The van der Waals surface area contributed by atoms with Gasteiger partial charge in [0, 0.05) is 12.6 Å². The number of hydrogen-bond acceptors (Lipinski definition) is 9. The summed E-state index contributed by atoms with van der Waals surface area (Å²) < 4.78 is 9.38. The Morgan fingerprint density at radius 3 is 1.74 bits per heavy atom. The van der Waals surface area contributed by atoms with E-state index in [0.29, 0.717) is 19.6 Å². The molecule has 9 heteroatoms. The molecular formula is C14H28N2O7. The van der Waals surface area contributed by atoms with Gasteiger partial charge in [0.25, 0.3) is 0 Å². The summed E-state index contributed by atoms with van der Waals surface area (Å²) in [5.41, 5.74) is 0. The molecule has 136 valence electrons. The molecule has 0 aromatic heterocycles. The van der Waals surface area contributed by atoms with Gasteiger partial charge in [-0.15, -0.1) is 5.16 Å². The molecule has 2 unspecified atom stereocenters. The van der Waals surface area contributed by atoms with E-state index in [0.717, 1.165) is 6.29 Å². The van der Waals surface area contributed by atoms with Crippen molar-refractivity contribution in [2.75, 3.05) is 13.2 Å². The van der Waals surface area contributed by atoms with E-state index in [2.05, 4.69) is 15.8 Å². The molecule has 0 aliphatic rings. The van der Waals surface area contributed by atoms with E-state index in [1.807, 2.05) is 0 Å². The molecule has 0 radical (unpaired) electrons. The first-order valence-electron chi connectivity index (χ1n) is 7.13. The number of carbonyl (C=O) groups excluding carboxylic acids is 3. The van der Waals surface area contributed by atoms with Gasteiger partial charge in [0.1, 0.15) is 6.29 Å². The maximum Gasteiger partial charge on any atom is 0.309 e. The fourth-order valence-electron chi connectivity index (χ4n) is 1.11. The Balaban J connectivity index is -0.000000315. The quantitative estimate of drug-likeness (QED) is 0.196. The molecule has 2 atom stereocenters. The largest absolute Gasteiger partial charge is 0.466 e. The van der Waals surface area contributed by atoms with Gasteiger partial charge in [0.15, 0.2) is 0 Å². The van der Waals surface area contributed by atoms with Gasteiger partial charge < -0.3 is 24.7 Å². The summed E-state index contributed by atoms with van der Waals surface area (Å²) in [5.74, 6) is 2.42. The SMILES string of the molecule is CCOC(=O)C(C)CC=NO.CCOC(=O)C(C)CC=O.NO. The van der Waals surface area contributed by atoms with Crippen molar-refractivity contribution in [2.45, 2.75) is 40.5 Å². The summed E-state index contributed by atoms with van der Waals surface area (Å²) in [7, 11) is 0. The molecule has 0 spiro atoms. The van der Waals surface area contributed by atoms with Crippen molar-refractivity contribution in [2.24, 2.45) is 22.9 Å². The molecule has 0 aliphatic carbocycles. The molecule has 0 saturated heterocycles. The van der Waals surface area contributed by atoms with Gasteiger partial charge in [-0.3, -0.25) is 9.59 Å². The standard InChI is InChI=1S/C7H13NO3.C7H12O3.H3NO/c1-3-11-7(9)6(2)4-5-8-10;1-3-10-7(9)6(2)4-5-8;1-2/h5-6,10H,3-4H2,1-2H3;5-6H,3-4H2,1-2H3;2H,1H2. The van der Waals surface area contributed by atoms with E-state index >= 15 is 0 Å². The fourth-order valence-corrected chi connectivity index (χ4v) is 1.11. The third kappa shape index (κ3) is 18.0. The zero-order valence-electron chi connectivity index (χ0n) is 14.1. The van der Waals surface area contributed by atoms with Crippen LogP contribution < -0.4 is 5.90 Å². The lowest BCUT2D eigenvalue weighted by Crippen LogP contribution is -2.14. The van der Waals surface area contributed by atoms with Gasteiger partial charge in [-0.05, 0) is 20.3 Å². The van der Waals surface area contributed by atoms with E-state index in [1.54, 1.807) is 27.7 Å². The van der Waals surface area contributed by atoms with Crippen molar-refractivity contribution in [3.63, 3.8) is 0 Å². The highest BCUT2D eigenvalue weighted by atomic mass is 16.5. The first-order valence-corrected chi connectivity index (χ1v) is 7.13. The minimum absolute atomic E-state index is 0.231. The Hall–Kier alpha value is -2.00. The van der Waals surface area contributed by atoms with Gasteiger partial charge in [0.2, 0.25) is 0 Å². The summed E-state index contributed by atoms with van der Waals surface area (Å²) in [6, 6.07) is 0. The minimum Gasteiger partial charge on any atom is -0.466 e. The lowest BCUT2D eigenvalue weighted by atomic mass is 10.1. The highest BCUT2D eigenvalue weighted by molar-refractivity contribution is 5.76. The normalized spacial score (nSPS) is 11.9. The molecule has 0 bridgehead atoms. The minimum atomic E-state index is -0.297. The Morgan fingerprint density at radius 2 is 1.43 bits per heavy atom. The van der Waals surface area contributed by atoms with Crippen LogP contribution in [-0.4, -0.2) is 48.1 Å². The van der Waals surface area contributed by atoms with Crippen LogP contribution in [0.15, 0.2) is 5.16 Å². The van der Waals surface area contributed by atoms with Gasteiger partial charge in [-0.1, -0.05) is 13.8 Å². The zero-order chi connectivity index (χ0) is 18.7. The highest BCUT2D eigenvalue weighted by Gasteiger charge is 2.12. The summed E-state index contributed by atoms with van der Waals surface area (Å²) in [5, 5.41) is 17.3. The number of esters is 2. The third-order valence-electron chi connectivity index (χ3n) is 2.37. The Bertz CT molecular complexity index is 335. The molecule has 0 rings (SSSR count). The van der Waals surface area contributed by atoms with Crippen molar-refractivity contribution in [3.05, 3.63) is 0 Å². The van der Waals surface area contributed by atoms with Crippen LogP contribution in [0.3, 0.4) is 0 Å². The van der Waals surface area contributed by atoms with Crippen LogP contribution in [0, 0.1) is 11.8 Å². The van der Waals surface area contributed by atoms with Gasteiger partial charge in [-0.25, -0.2) is 5.90 Å². The van der Waals surface area contributed by atoms with Crippen molar-refractivity contribution < 1.29 is 34.3 Å². The molecule has 0 aromatic carbocycles. The lowest BCUT2D eigenvalue weighted by molar-refractivity contribution is -0.148. The summed E-state index contributed by atoms with van der Waals surface area (Å²) >= 11 is 0. The Labute approximate surface area is 136 Å². The number of ether oxygens (including phenoxy) is 2. The van der Waals surface area contributed by atoms with Crippen LogP contribution in [0.1, 0.15) is 40.5 Å². The van der Waals surface area contributed by atoms with Gasteiger partial charge in [-0.2, -0.15) is 0 Å². The molecule has 0 heterocycles. The molecule has 0 fully saturated rings. The monoisotopic (exact) mass is 336 g/mol. The number of nitrogens with zero attached hydrogens (tertiary/aromatic N) is 1. The molecule has 0 saturated carbocycles. The molecule has 23 heavy (non-hydrogen) atoms. The lowest BCUT2D eigenvalue weighted by Gasteiger charge is -2.05. The molecule has 0 amide bonds. The smallest absolute Gasteiger partial charge is 0.309 e. The van der Waals surface area contributed by atoms with Gasteiger partial charge in [0.05, 0.1) is 25.0 Å². The summed E-state index contributed by atoms with van der Waals surface area (Å²) in [4.78, 5) is 31.6. The molecule has 0 aliphatic heterocycles. The molecular weight excluding hydrogens is 308 g/mol. The number of carbonyl (C=O) groups is 3. The molecule has 4 N–H and O–H groups in total. The van der Waals surface area contributed by atoms with E-state index in [4.69, 9.17) is 15.2 Å². The maximum absolute atomic E-state index is 10.9. The van der Waals surface area contributed by atoms with Crippen molar-refractivity contribution in [1.82, 2.24) is 0 Å². The average Bonchev–Trinajstić information content (AvgIpc) is 2.55. The molecule has 9 nitrogen and oxygen atoms in total. The zero-order valence-corrected chi connectivity index (χ0v) is 14.1. The third-order valence-corrected chi connectivity index (χ3v) is 2.37. The second kappa shape index (κ2) is 20.0. The van der Waals surface area contributed by atoms with Gasteiger partial charge >= 0.3 is 11.9 Å². The predicted octanol–water partition coefficient (Wildman–Crippen LogP) is 1.14. The summed E-state index contributed by atoms with van der Waals surface area (Å²) in [6.45, 7) is 7.66. The van der Waals surface area contributed by atoms with E-state index in [1.165, 1.54) is 6.21 Å². The van der Waals surface area contributed by atoms with Crippen LogP contribution >= 0.6 is 0 Å². The second-order valence-corrected chi connectivity index (χ2v) is 4.24. The predicted molar refractivity (Wildman–Crippen MR) is 83.1 cm³/mol. The Morgan fingerprint density at radius 1 is 1.04 bits per heavy atom. The molecule has 0 aromatic rings. The first kappa shape index (κ1) is 25.9. The van der Waals surface area contributed by atoms with Crippen molar-refractivity contribution in [3.8, 4) is 0 Å². The maximum atomic E-state index is 10.9. The first-order chi connectivity index (χ1) is 10.9. The van der Waals surface area contributed by atoms with Crippen LogP contribution in [-0.2, 0) is 23.9 Å². The number of oxime groups is 1. The number of rotatable bonds is 8. The average molecular weight is 336 g/mol. The van der Waals surface area contributed by atoms with E-state index in [9.17, 15) is 14.4 Å². The van der Waals surface area contributed by atoms with Crippen LogP contribution in [0.25, 0.3) is 0 Å². The topological polar surface area (TPSA) is 149 Å². The van der Waals surface area contributed by atoms with Crippen molar-refractivity contribution >= 4 is 24.4 Å². The van der Waals surface area contributed by atoms with E-state index < -0.39 is 0 Å². The number of aldehydes is 1. The number of nitrogens with two attached hydrogens (primary N) is 1. The fraction of sp³-hybridized carbons (Fsp3) is 0.714. The van der Waals surface area contributed by atoms with E-state index in [-0.39, 0.29) is 30.2 Å². The van der Waals surface area contributed by atoms with Crippen LogP contribution in [0.2, 0.25) is 0 Å². The Kier molecular flexibility index (Phi) is 22.5. The second-order valence-electron chi connectivity index (χ2n) is 4.24. The van der Waals surface area contributed by atoms with Crippen molar-refractivity contribution in [1.29, 1.82) is 0 Å². The van der Waals surface area contributed by atoms with Crippen LogP contribution in [0.4, 0.5) is 0 Å². The van der Waals surface area contributed by atoms with Crippen LogP contribution in [0.5, 0.6) is 0 Å².